The van der Waals surface area contributed by atoms with Gasteiger partial charge in [0.05, 0.1) is 29.5 Å². The second-order valence-electron chi connectivity index (χ2n) is 15.7. The number of benzene rings is 2. The number of ether oxygens (including phenoxy) is 2. The van der Waals surface area contributed by atoms with Gasteiger partial charge in [0.2, 0.25) is 11.9 Å². The summed E-state index contributed by atoms with van der Waals surface area (Å²) in [4.78, 5) is 52.5. The Kier molecular flexibility index (Phi) is 10.3. The first kappa shape index (κ1) is 37.0. The number of para-hydroxylation sites is 1. The van der Waals surface area contributed by atoms with Crippen LogP contribution in [-0.2, 0) is 9.53 Å². The van der Waals surface area contributed by atoms with E-state index in [4.69, 9.17) is 20.3 Å². The first-order valence-corrected chi connectivity index (χ1v) is 19.5. The van der Waals surface area contributed by atoms with Crippen LogP contribution < -0.4 is 20.3 Å². The highest BCUT2D eigenvalue weighted by Gasteiger charge is 2.33. The molecule has 3 aliphatic heterocycles. The number of aromatic nitrogens is 6. The minimum atomic E-state index is -0.517. The molecule has 0 aliphatic carbocycles. The van der Waals surface area contributed by atoms with Crippen molar-refractivity contribution in [3.8, 4) is 22.8 Å². The van der Waals surface area contributed by atoms with Crippen molar-refractivity contribution in [1.82, 2.24) is 39.5 Å². The lowest BCUT2D eigenvalue weighted by Gasteiger charge is -2.38. The standard InChI is InChI=1S/C41H49N11O4/c1-41(2,3)56-40(54)51-23-21-50(22-24-51)39-43-25-31(26-44-39)48-17-13-29(14-18-48)38(53)49-19-15-30(16-20-49)52-37-34(36(42)45-27-46-37)35(47-52)28-9-11-33(12-10-28)55-32-7-5-4-6-8-32/h4-12,25-27,29-30H,13-24H2,1-3H3,(H2,42,45,46). The fraction of sp³-hybridized carbons (Fsp3) is 0.439. The summed E-state index contributed by atoms with van der Waals surface area (Å²) >= 11 is 0. The third-order valence-corrected chi connectivity index (χ3v) is 10.8. The maximum Gasteiger partial charge on any atom is 0.410 e. The Labute approximate surface area is 326 Å². The average Bonchev–Trinajstić information content (AvgIpc) is 3.62. The number of rotatable bonds is 7. The zero-order valence-electron chi connectivity index (χ0n) is 32.3. The molecular weight excluding hydrogens is 711 g/mol. The van der Waals surface area contributed by atoms with E-state index in [0.29, 0.717) is 56.7 Å². The van der Waals surface area contributed by atoms with Gasteiger partial charge in [-0.25, -0.2) is 29.4 Å². The topological polar surface area (TPSA) is 161 Å². The van der Waals surface area contributed by atoms with Crippen LogP contribution >= 0.6 is 0 Å². The Bertz CT molecular complexity index is 2130. The molecule has 3 aliphatic rings. The Morgan fingerprint density at radius 3 is 2.05 bits per heavy atom. The predicted molar refractivity (Wildman–Crippen MR) is 214 cm³/mol. The van der Waals surface area contributed by atoms with Crippen LogP contribution in [0.4, 0.5) is 22.2 Å². The predicted octanol–water partition coefficient (Wildman–Crippen LogP) is 5.80. The molecule has 15 nitrogen and oxygen atoms in total. The van der Waals surface area contributed by atoms with Crippen LogP contribution in [0.25, 0.3) is 22.3 Å². The number of likely N-dealkylation sites (tertiary alicyclic amines) is 1. The zero-order chi connectivity index (χ0) is 38.8. The van der Waals surface area contributed by atoms with Crippen molar-refractivity contribution in [3.05, 3.63) is 73.3 Å². The van der Waals surface area contributed by atoms with E-state index in [1.165, 1.54) is 6.33 Å². The quantitative estimate of drug-likeness (QED) is 0.213. The lowest BCUT2D eigenvalue weighted by atomic mass is 9.93. The van der Waals surface area contributed by atoms with Crippen LogP contribution in [0.2, 0.25) is 0 Å². The molecule has 2 aromatic carbocycles. The molecule has 5 aromatic rings. The number of nitrogens with zero attached hydrogens (tertiary/aromatic N) is 10. The van der Waals surface area contributed by atoms with Crippen LogP contribution in [0.3, 0.4) is 0 Å². The molecule has 0 unspecified atom stereocenters. The first-order valence-electron chi connectivity index (χ1n) is 19.5. The minimum absolute atomic E-state index is 0.0113. The van der Waals surface area contributed by atoms with E-state index in [2.05, 4.69) is 29.7 Å². The Morgan fingerprint density at radius 1 is 0.732 bits per heavy atom. The number of carbonyl (C=O) groups is 2. The van der Waals surface area contributed by atoms with Gasteiger partial charge in [0.1, 0.15) is 34.9 Å². The zero-order valence-corrected chi connectivity index (χ0v) is 32.3. The molecule has 0 atom stereocenters. The molecule has 3 aromatic heterocycles. The van der Waals surface area contributed by atoms with Gasteiger partial charge in [-0.15, -0.1) is 0 Å². The molecule has 0 saturated carbocycles. The third-order valence-electron chi connectivity index (χ3n) is 10.8. The second-order valence-corrected chi connectivity index (χ2v) is 15.7. The summed E-state index contributed by atoms with van der Waals surface area (Å²) in [7, 11) is 0. The smallest absolute Gasteiger partial charge is 0.410 e. The van der Waals surface area contributed by atoms with Crippen LogP contribution in [0.15, 0.2) is 73.3 Å². The molecule has 0 bridgehead atoms. The Balaban J connectivity index is 0.840. The fourth-order valence-electron chi connectivity index (χ4n) is 7.79. The van der Waals surface area contributed by atoms with Crippen molar-refractivity contribution in [2.45, 2.75) is 58.1 Å². The molecule has 3 fully saturated rings. The molecule has 6 heterocycles. The van der Waals surface area contributed by atoms with Crippen molar-refractivity contribution in [1.29, 1.82) is 0 Å². The van der Waals surface area contributed by atoms with E-state index in [9.17, 15) is 9.59 Å². The monoisotopic (exact) mass is 759 g/mol. The van der Waals surface area contributed by atoms with Crippen molar-refractivity contribution in [2.24, 2.45) is 5.92 Å². The molecule has 15 heteroatoms. The number of nitrogen functional groups attached to an aromatic ring is 1. The van der Waals surface area contributed by atoms with Gasteiger partial charge < -0.3 is 34.8 Å². The van der Waals surface area contributed by atoms with Crippen LogP contribution in [0.1, 0.15) is 52.5 Å². The Hall–Kier alpha value is -5.99. The lowest BCUT2D eigenvalue weighted by molar-refractivity contribution is -0.137. The summed E-state index contributed by atoms with van der Waals surface area (Å²) in [6.07, 6.45) is 8.05. The number of nitrogens with two attached hydrogens (primary N) is 1. The second kappa shape index (κ2) is 15.6. The number of hydrogen-bond donors (Lipinski definition) is 1. The number of fused-ring (bicyclic) bond motifs is 1. The number of carbonyl (C=O) groups excluding carboxylic acids is 2. The normalized spacial score (nSPS) is 17.3. The van der Waals surface area contributed by atoms with Gasteiger partial charge >= 0.3 is 6.09 Å². The van der Waals surface area contributed by atoms with Gasteiger partial charge in [0.25, 0.3) is 0 Å². The van der Waals surface area contributed by atoms with E-state index >= 15 is 0 Å². The third kappa shape index (κ3) is 8.02. The van der Waals surface area contributed by atoms with Crippen LogP contribution in [0, 0.1) is 5.92 Å². The maximum absolute atomic E-state index is 13.8. The van der Waals surface area contributed by atoms with Crippen molar-refractivity contribution in [2.75, 3.05) is 67.9 Å². The van der Waals surface area contributed by atoms with Gasteiger partial charge in [-0.2, -0.15) is 5.10 Å². The number of anilines is 3. The highest BCUT2D eigenvalue weighted by atomic mass is 16.6. The van der Waals surface area contributed by atoms with Crippen molar-refractivity contribution >= 4 is 40.5 Å². The molecule has 2 N–H and O–H groups in total. The van der Waals surface area contributed by atoms with E-state index in [0.717, 1.165) is 72.6 Å². The lowest BCUT2D eigenvalue weighted by Crippen LogP contribution is -2.50. The van der Waals surface area contributed by atoms with Gasteiger partial charge in [0, 0.05) is 63.8 Å². The van der Waals surface area contributed by atoms with E-state index in [1.54, 1.807) is 4.90 Å². The van der Waals surface area contributed by atoms with Crippen molar-refractivity contribution < 1.29 is 19.1 Å². The van der Waals surface area contributed by atoms with Gasteiger partial charge in [-0.1, -0.05) is 18.2 Å². The Morgan fingerprint density at radius 2 is 1.39 bits per heavy atom. The fourth-order valence-corrected chi connectivity index (χ4v) is 7.79. The summed E-state index contributed by atoms with van der Waals surface area (Å²) in [5, 5.41) is 5.79. The van der Waals surface area contributed by atoms with Crippen LogP contribution in [-0.4, -0.2) is 109 Å². The minimum Gasteiger partial charge on any atom is -0.457 e. The largest absolute Gasteiger partial charge is 0.457 e. The van der Waals surface area contributed by atoms with Gasteiger partial charge in [-0.3, -0.25) is 4.79 Å². The molecular formula is C41H49N11O4. The summed E-state index contributed by atoms with van der Waals surface area (Å²) < 4.78 is 13.5. The number of hydrogen-bond acceptors (Lipinski definition) is 12. The highest BCUT2D eigenvalue weighted by Crippen LogP contribution is 2.36. The molecule has 3 saturated heterocycles. The molecule has 0 radical (unpaired) electrons. The van der Waals surface area contributed by atoms with Crippen LogP contribution in [0.5, 0.6) is 11.5 Å². The molecule has 0 spiro atoms. The molecule has 292 valence electrons. The van der Waals surface area contributed by atoms with Gasteiger partial charge in [0.15, 0.2) is 5.65 Å². The number of piperidine rings is 2. The molecule has 2 amide bonds. The first-order chi connectivity index (χ1) is 27.1. The SMILES string of the molecule is CC(C)(C)OC(=O)N1CCN(c2ncc(N3CCC(C(=O)N4CCC(n5nc(-c6ccc(Oc7ccccc7)cc6)c6c(N)ncnc65)CC4)CC3)cn2)CC1. The average molecular weight is 760 g/mol. The maximum atomic E-state index is 13.8. The van der Waals surface area contributed by atoms with E-state index < -0.39 is 5.60 Å². The van der Waals surface area contributed by atoms with Crippen molar-refractivity contribution in [3.63, 3.8) is 0 Å². The summed E-state index contributed by atoms with van der Waals surface area (Å²) in [5.41, 5.74) is 9.18. The van der Waals surface area contributed by atoms with E-state index in [1.807, 2.05) is 97.3 Å². The summed E-state index contributed by atoms with van der Waals surface area (Å²) in [6, 6.07) is 17.5. The van der Waals surface area contributed by atoms with E-state index in [-0.39, 0.29) is 24.0 Å². The van der Waals surface area contributed by atoms with Gasteiger partial charge in [-0.05, 0) is 82.9 Å². The highest BCUT2D eigenvalue weighted by molar-refractivity contribution is 5.98. The number of amides is 2. The molecule has 56 heavy (non-hydrogen) atoms. The molecule has 8 rings (SSSR count). The summed E-state index contributed by atoms with van der Waals surface area (Å²) in [6.45, 7) is 10.9. The summed E-state index contributed by atoms with van der Waals surface area (Å²) in [5.74, 6) is 2.76. The number of piperazine rings is 1.